The number of rotatable bonds is 6. The molecule has 2 aromatic carbocycles. The van der Waals surface area contributed by atoms with Gasteiger partial charge in [0.1, 0.15) is 12.1 Å². The van der Waals surface area contributed by atoms with E-state index in [9.17, 15) is 18.0 Å². The molecule has 7 nitrogen and oxygen atoms in total. The van der Waals surface area contributed by atoms with Gasteiger partial charge in [-0.25, -0.2) is 8.42 Å². The number of likely N-dealkylation sites (tertiary alicyclic amines) is 1. The number of sulfonamides is 1. The molecule has 9 heteroatoms. The lowest BCUT2D eigenvalue weighted by Crippen LogP contribution is -2.51. The summed E-state index contributed by atoms with van der Waals surface area (Å²) in [4.78, 5) is 29.4. The number of nitrogens with zero attached hydrogens (tertiary/aromatic N) is 2. The highest BCUT2D eigenvalue weighted by atomic mass is 35.5. The summed E-state index contributed by atoms with van der Waals surface area (Å²) in [6, 6.07) is 8.70. The number of amides is 2. The minimum atomic E-state index is -3.91. The van der Waals surface area contributed by atoms with Crippen molar-refractivity contribution >= 4 is 44.2 Å². The Kier molecular flexibility index (Phi) is 6.98. The minimum absolute atomic E-state index is 0.0877. The third-order valence-corrected chi connectivity index (χ3v) is 8.62. The molecule has 1 aliphatic heterocycles. The van der Waals surface area contributed by atoms with Gasteiger partial charge in [0, 0.05) is 24.7 Å². The molecule has 2 aromatic rings. The van der Waals surface area contributed by atoms with E-state index in [0.29, 0.717) is 18.0 Å². The van der Waals surface area contributed by atoms with Gasteiger partial charge in [-0.05, 0) is 61.2 Å². The first-order valence-electron chi connectivity index (χ1n) is 11.5. The summed E-state index contributed by atoms with van der Waals surface area (Å²) < 4.78 is 28.5. The van der Waals surface area contributed by atoms with Crippen LogP contribution in [0, 0.1) is 0 Å². The van der Waals surface area contributed by atoms with Gasteiger partial charge in [0.25, 0.3) is 0 Å². The zero-order valence-corrected chi connectivity index (χ0v) is 20.5. The number of hydrogen-bond acceptors (Lipinski definition) is 4. The van der Waals surface area contributed by atoms with Crippen LogP contribution in [0.25, 0.3) is 10.8 Å². The van der Waals surface area contributed by atoms with Crippen molar-refractivity contribution in [3.8, 4) is 0 Å². The van der Waals surface area contributed by atoms with Crippen molar-refractivity contribution in [2.45, 2.75) is 68.5 Å². The Morgan fingerprint density at radius 2 is 1.76 bits per heavy atom. The van der Waals surface area contributed by atoms with Crippen LogP contribution < -0.4 is 4.72 Å². The molecule has 33 heavy (non-hydrogen) atoms. The van der Waals surface area contributed by atoms with Crippen LogP contribution >= 0.6 is 11.6 Å². The number of nitrogens with one attached hydrogen (secondary N) is 1. The molecule has 2 aliphatic rings. The van der Waals surface area contributed by atoms with Crippen LogP contribution in [0.2, 0.25) is 5.02 Å². The molecule has 2 atom stereocenters. The molecule has 1 heterocycles. The van der Waals surface area contributed by atoms with E-state index < -0.39 is 22.1 Å². The van der Waals surface area contributed by atoms with Crippen LogP contribution in [0.5, 0.6) is 0 Å². The Bertz CT molecular complexity index is 1160. The number of carbonyl (C=O) groups excluding carboxylic acids is 2. The quantitative estimate of drug-likeness (QED) is 0.669. The lowest BCUT2D eigenvalue weighted by atomic mass is 9.94. The second-order valence-corrected chi connectivity index (χ2v) is 11.2. The van der Waals surface area contributed by atoms with E-state index in [1.807, 2.05) is 7.05 Å². The largest absolute Gasteiger partial charge is 0.341 e. The Morgan fingerprint density at radius 3 is 2.48 bits per heavy atom. The smallest absolute Gasteiger partial charge is 0.245 e. The number of halogens is 1. The zero-order valence-electron chi connectivity index (χ0n) is 19.0. The maximum Gasteiger partial charge on any atom is 0.245 e. The number of likely N-dealkylation sites (N-methyl/N-ethyl adjacent to an activating group) is 1. The SMILES string of the molecule is C[C@@H](C(=O)N(C)C1CCCCC1)N1CC[C@H](NS(=O)(=O)c2ccc3cc(Cl)ccc3c2)C1=O. The Labute approximate surface area is 200 Å². The maximum atomic E-state index is 13.0. The number of benzene rings is 2. The van der Waals surface area contributed by atoms with E-state index in [2.05, 4.69) is 4.72 Å². The first-order chi connectivity index (χ1) is 15.7. The van der Waals surface area contributed by atoms with Gasteiger partial charge in [0.15, 0.2) is 0 Å². The molecule has 0 spiro atoms. The molecule has 178 valence electrons. The van der Waals surface area contributed by atoms with Gasteiger partial charge in [-0.3, -0.25) is 9.59 Å². The molecule has 1 saturated carbocycles. The summed E-state index contributed by atoms with van der Waals surface area (Å²) in [5.74, 6) is -0.448. The summed E-state index contributed by atoms with van der Waals surface area (Å²) in [5, 5.41) is 2.15. The standard InChI is InChI=1S/C24H30ClN3O4S/c1-16(23(29)27(2)20-6-4-3-5-7-20)28-13-12-22(24(28)30)26-33(31,32)21-11-9-17-14-19(25)10-8-18(17)15-21/h8-11,14-16,20,22,26H,3-7,12-13H2,1-2H3/t16-,22-/m0/s1. The van der Waals surface area contributed by atoms with Crippen molar-refractivity contribution in [2.75, 3.05) is 13.6 Å². The summed E-state index contributed by atoms with van der Waals surface area (Å²) in [5.41, 5.74) is 0. The van der Waals surface area contributed by atoms with E-state index >= 15 is 0 Å². The molecule has 2 amide bonds. The minimum Gasteiger partial charge on any atom is -0.341 e. The van der Waals surface area contributed by atoms with Crippen LogP contribution in [0.1, 0.15) is 45.4 Å². The highest BCUT2D eigenvalue weighted by Crippen LogP contribution is 2.26. The van der Waals surface area contributed by atoms with Crippen LogP contribution in [0.4, 0.5) is 0 Å². The monoisotopic (exact) mass is 491 g/mol. The average molecular weight is 492 g/mol. The molecule has 1 N–H and O–H groups in total. The molecule has 4 rings (SSSR count). The first-order valence-corrected chi connectivity index (χ1v) is 13.3. The summed E-state index contributed by atoms with van der Waals surface area (Å²) in [6.45, 7) is 2.07. The molecule has 0 radical (unpaired) electrons. The van der Waals surface area contributed by atoms with E-state index in [-0.39, 0.29) is 22.8 Å². The fraction of sp³-hybridized carbons (Fsp3) is 0.500. The molecule has 1 aliphatic carbocycles. The second-order valence-electron chi connectivity index (χ2n) is 9.06. The lowest BCUT2D eigenvalue weighted by Gasteiger charge is -2.35. The predicted octanol–water partition coefficient (Wildman–Crippen LogP) is 3.55. The third kappa shape index (κ3) is 5.03. The number of hydrogen-bond donors (Lipinski definition) is 1. The van der Waals surface area contributed by atoms with Crippen LogP contribution in [-0.2, 0) is 19.6 Å². The first kappa shape index (κ1) is 24.0. The maximum absolute atomic E-state index is 13.0. The lowest BCUT2D eigenvalue weighted by molar-refractivity contribution is -0.144. The molecular formula is C24H30ClN3O4S. The Hall–Kier alpha value is -2.16. The number of fused-ring (bicyclic) bond motifs is 1. The van der Waals surface area contributed by atoms with E-state index in [4.69, 9.17) is 11.6 Å². The van der Waals surface area contributed by atoms with Crippen molar-refractivity contribution in [3.05, 3.63) is 41.4 Å². The van der Waals surface area contributed by atoms with Gasteiger partial charge in [0.2, 0.25) is 21.8 Å². The van der Waals surface area contributed by atoms with Crippen LogP contribution in [0.3, 0.4) is 0 Å². The second kappa shape index (κ2) is 9.60. The molecule has 0 aromatic heterocycles. The summed E-state index contributed by atoms with van der Waals surface area (Å²) >= 11 is 6.00. The van der Waals surface area contributed by atoms with Crippen molar-refractivity contribution < 1.29 is 18.0 Å². The summed E-state index contributed by atoms with van der Waals surface area (Å²) in [7, 11) is -2.10. The Morgan fingerprint density at radius 1 is 1.09 bits per heavy atom. The zero-order chi connectivity index (χ0) is 23.8. The normalized spacial score (nSPS) is 20.9. The summed E-state index contributed by atoms with van der Waals surface area (Å²) in [6.07, 6.45) is 5.74. The fourth-order valence-corrected chi connectivity index (χ4v) is 6.33. The van der Waals surface area contributed by atoms with Gasteiger partial charge in [-0.2, -0.15) is 4.72 Å². The molecule has 0 unspecified atom stereocenters. The van der Waals surface area contributed by atoms with Gasteiger partial charge in [0.05, 0.1) is 4.90 Å². The molecular weight excluding hydrogens is 462 g/mol. The third-order valence-electron chi connectivity index (χ3n) is 6.92. The van der Waals surface area contributed by atoms with Gasteiger partial charge >= 0.3 is 0 Å². The predicted molar refractivity (Wildman–Crippen MR) is 129 cm³/mol. The van der Waals surface area contributed by atoms with Gasteiger partial charge < -0.3 is 9.80 Å². The molecule has 0 bridgehead atoms. The molecule has 2 fully saturated rings. The van der Waals surface area contributed by atoms with Crippen LogP contribution in [-0.4, -0.2) is 61.7 Å². The fourth-order valence-electron chi connectivity index (χ4n) is 4.89. The Balaban J connectivity index is 1.44. The van der Waals surface area contributed by atoms with E-state index in [1.54, 1.807) is 42.2 Å². The van der Waals surface area contributed by atoms with Crippen molar-refractivity contribution in [1.82, 2.24) is 14.5 Å². The molecule has 1 saturated heterocycles. The van der Waals surface area contributed by atoms with Crippen molar-refractivity contribution in [1.29, 1.82) is 0 Å². The average Bonchev–Trinajstić information content (AvgIpc) is 3.17. The van der Waals surface area contributed by atoms with Crippen molar-refractivity contribution in [2.24, 2.45) is 0 Å². The highest BCUT2D eigenvalue weighted by molar-refractivity contribution is 7.89. The number of carbonyl (C=O) groups is 2. The van der Waals surface area contributed by atoms with E-state index in [0.717, 1.165) is 36.5 Å². The van der Waals surface area contributed by atoms with Crippen molar-refractivity contribution in [3.63, 3.8) is 0 Å². The van der Waals surface area contributed by atoms with Crippen LogP contribution in [0.15, 0.2) is 41.3 Å². The van der Waals surface area contributed by atoms with Gasteiger partial charge in [-0.1, -0.05) is 43.0 Å². The topological polar surface area (TPSA) is 86.8 Å². The van der Waals surface area contributed by atoms with Gasteiger partial charge in [-0.15, -0.1) is 0 Å². The highest BCUT2D eigenvalue weighted by Gasteiger charge is 2.40. The van der Waals surface area contributed by atoms with E-state index in [1.165, 1.54) is 17.4 Å².